The molecule has 0 spiro atoms. The first-order valence-electron chi connectivity index (χ1n) is 9.61. The molecule has 0 aliphatic carbocycles. The van der Waals surface area contributed by atoms with Gasteiger partial charge in [0.25, 0.3) is 0 Å². The topological polar surface area (TPSA) is 76.5 Å². The Balaban J connectivity index is 1.42. The average Bonchev–Trinajstić information content (AvgIpc) is 3.25. The highest BCUT2D eigenvalue weighted by Gasteiger charge is 2.36. The van der Waals surface area contributed by atoms with Crippen LogP contribution in [0.15, 0.2) is 42.5 Å². The normalized spacial score (nSPS) is 16.4. The van der Waals surface area contributed by atoms with Crippen molar-refractivity contribution >= 4 is 28.5 Å². The fourth-order valence-electron chi connectivity index (χ4n) is 3.78. The van der Waals surface area contributed by atoms with Gasteiger partial charge in [-0.1, -0.05) is 18.2 Å². The molecule has 7 nitrogen and oxygen atoms in total. The Hall–Kier alpha value is -3.35. The van der Waals surface area contributed by atoms with Gasteiger partial charge in [0.1, 0.15) is 11.6 Å². The Bertz CT molecular complexity index is 1090. The summed E-state index contributed by atoms with van der Waals surface area (Å²) in [6.07, 6.45) is 0.197. The molecular formula is C22H24N4O3. The van der Waals surface area contributed by atoms with Crippen LogP contribution in [0.2, 0.25) is 0 Å². The summed E-state index contributed by atoms with van der Waals surface area (Å²) in [4.78, 5) is 31.3. The molecule has 1 saturated heterocycles. The molecule has 1 aliphatic heterocycles. The number of methoxy groups -OCH3 is 1. The van der Waals surface area contributed by atoms with E-state index in [-0.39, 0.29) is 24.2 Å². The van der Waals surface area contributed by atoms with Crippen LogP contribution in [0.1, 0.15) is 17.8 Å². The van der Waals surface area contributed by atoms with Crippen LogP contribution in [-0.4, -0.2) is 35.0 Å². The van der Waals surface area contributed by atoms with Crippen molar-refractivity contribution in [3.63, 3.8) is 0 Å². The molecule has 1 N–H and O–H groups in total. The quantitative estimate of drug-likeness (QED) is 0.724. The van der Waals surface area contributed by atoms with E-state index in [1.54, 1.807) is 12.0 Å². The summed E-state index contributed by atoms with van der Waals surface area (Å²) >= 11 is 0. The molecule has 0 saturated carbocycles. The summed E-state index contributed by atoms with van der Waals surface area (Å²) in [5.41, 5.74) is 3.66. The number of ether oxygens (including phenoxy) is 1. The molecule has 2 amide bonds. The first-order chi connectivity index (χ1) is 14.0. The van der Waals surface area contributed by atoms with E-state index >= 15 is 0 Å². The molecule has 1 fully saturated rings. The lowest BCUT2D eigenvalue weighted by Gasteiger charge is -2.19. The van der Waals surface area contributed by atoms with Gasteiger partial charge < -0.3 is 19.5 Å². The van der Waals surface area contributed by atoms with Crippen LogP contribution in [-0.2, 0) is 23.2 Å². The van der Waals surface area contributed by atoms with Gasteiger partial charge in [0.15, 0.2) is 0 Å². The number of carbonyl (C=O) groups is 2. The maximum Gasteiger partial charge on any atom is 0.227 e. The molecule has 2 heterocycles. The van der Waals surface area contributed by atoms with Crippen LogP contribution in [0.5, 0.6) is 5.75 Å². The molecule has 0 radical (unpaired) electrons. The second-order valence-electron chi connectivity index (χ2n) is 7.34. The fourth-order valence-corrected chi connectivity index (χ4v) is 3.78. The third-order valence-electron chi connectivity index (χ3n) is 5.51. The van der Waals surface area contributed by atoms with E-state index in [1.807, 2.05) is 61.0 Å². The molecule has 29 heavy (non-hydrogen) atoms. The number of hydrogen-bond donors (Lipinski definition) is 1. The van der Waals surface area contributed by atoms with Crippen molar-refractivity contribution in [2.24, 2.45) is 13.0 Å². The highest BCUT2D eigenvalue weighted by Crippen LogP contribution is 2.32. The van der Waals surface area contributed by atoms with Crippen molar-refractivity contribution in [3.05, 3.63) is 53.9 Å². The standard InChI is InChI=1S/C22H24N4O3/c1-14-24-17-10-15(8-9-18(17)25(14)2)12-23-22(28)16-11-21(27)26(13-16)19-6-4-5-7-20(19)29-3/h4-10,16H,11-13H2,1-3H3,(H,23,28). The lowest BCUT2D eigenvalue weighted by molar-refractivity contribution is -0.126. The van der Waals surface area contributed by atoms with E-state index in [2.05, 4.69) is 10.3 Å². The number of amides is 2. The zero-order valence-corrected chi connectivity index (χ0v) is 16.8. The highest BCUT2D eigenvalue weighted by atomic mass is 16.5. The molecule has 150 valence electrons. The maximum absolute atomic E-state index is 12.7. The molecule has 3 aromatic rings. The zero-order chi connectivity index (χ0) is 20.5. The summed E-state index contributed by atoms with van der Waals surface area (Å²) in [6.45, 7) is 2.72. The molecule has 2 aromatic carbocycles. The monoisotopic (exact) mass is 392 g/mol. The number of nitrogens with one attached hydrogen (secondary N) is 1. The predicted molar refractivity (Wildman–Crippen MR) is 111 cm³/mol. The Kier molecular flexibility index (Phi) is 4.96. The lowest BCUT2D eigenvalue weighted by atomic mass is 10.1. The second-order valence-corrected chi connectivity index (χ2v) is 7.34. The molecule has 1 unspecified atom stereocenters. The van der Waals surface area contributed by atoms with Gasteiger partial charge in [-0.25, -0.2) is 4.98 Å². The van der Waals surface area contributed by atoms with E-state index in [9.17, 15) is 9.59 Å². The number of rotatable bonds is 5. The van der Waals surface area contributed by atoms with Crippen LogP contribution in [0, 0.1) is 12.8 Å². The number of aryl methyl sites for hydroxylation is 2. The van der Waals surface area contributed by atoms with Gasteiger partial charge in [-0.2, -0.15) is 0 Å². The molecule has 0 bridgehead atoms. The molecular weight excluding hydrogens is 368 g/mol. The zero-order valence-electron chi connectivity index (χ0n) is 16.8. The molecule has 7 heteroatoms. The van der Waals surface area contributed by atoms with E-state index < -0.39 is 0 Å². The Labute approximate surface area is 169 Å². The molecule has 1 aliphatic rings. The van der Waals surface area contributed by atoms with Crippen LogP contribution < -0.4 is 15.0 Å². The Morgan fingerprint density at radius 3 is 2.86 bits per heavy atom. The van der Waals surface area contributed by atoms with Crippen molar-refractivity contribution in [1.82, 2.24) is 14.9 Å². The number of imidazole rings is 1. The summed E-state index contributed by atoms with van der Waals surface area (Å²) in [5, 5.41) is 2.96. The third-order valence-corrected chi connectivity index (χ3v) is 5.51. The smallest absolute Gasteiger partial charge is 0.227 e. The van der Waals surface area contributed by atoms with Gasteiger partial charge in [-0.15, -0.1) is 0 Å². The fraction of sp³-hybridized carbons (Fsp3) is 0.318. The first-order valence-corrected chi connectivity index (χ1v) is 9.61. The van der Waals surface area contributed by atoms with Gasteiger partial charge in [-0.05, 0) is 36.8 Å². The van der Waals surface area contributed by atoms with E-state index in [0.29, 0.717) is 24.5 Å². The molecule has 1 atom stereocenters. The lowest BCUT2D eigenvalue weighted by Crippen LogP contribution is -2.32. The van der Waals surface area contributed by atoms with E-state index in [0.717, 1.165) is 22.4 Å². The minimum atomic E-state index is -0.381. The van der Waals surface area contributed by atoms with Crippen molar-refractivity contribution in [3.8, 4) is 5.75 Å². The predicted octanol–water partition coefficient (Wildman–Crippen LogP) is 2.56. The number of nitrogens with zero attached hydrogens (tertiary/aromatic N) is 3. The summed E-state index contributed by atoms with van der Waals surface area (Å²) in [5.74, 6) is 1.00. The minimum absolute atomic E-state index is 0.0694. The molecule has 1 aromatic heterocycles. The second kappa shape index (κ2) is 7.58. The van der Waals surface area contributed by atoms with Crippen LogP contribution in [0.25, 0.3) is 11.0 Å². The van der Waals surface area contributed by atoms with Gasteiger partial charge in [0, 0.05) is 26.6 Å². The van der Waals surface area contributed by atoms with Crippen molar-refractivity contribution < 1.29 is 14.3 Å². The summed E-state index contributed by atoms with van der Waals surface area (Å²) < 4.78 is 7.39. The summed E-state index contributed by atoms with van der Waals surface area (Å²) in [7, 11) is 3.56. The van der Waals surface area contributed by atoms with Crippen LogP contribution >= 0.6 is 0 Å². The minimum Gasteiger partial charge on any atom is -0.495 e. The summed E-state index contributed by atoms with van der Waals surface area (Å²) in [6, 6.07) is 13.3. The van der Waals surface area contributed by atoms with E-state index in [4.69, 9.17) is 4.74 Å². The van der Waals surface area contributed by atoms with Crippen molar-refractivity contribution in [2.45, 2.75) is 19.9 Å². The van der Waals surface area contributed by atoms with Gasteiger partial charge in [0.2, 0.25) is 11.8 Å². The number of fused-ring (bicyclic) bond motifs is 1. The third kappa shape index (κ3) is 3.55. The van der Waals surface area contributed by atoms with Crippen molar-refractivity contribution in [1.29, 1.82) is 0 Å². The number of hydrogen-bond acceptors (Lipinski definition) is 4. The van der Waals surface area contributed by atoms with Gasteiger partial charge in [0.05, 0.1) is 29.7 Å². The maximum atomic E-state index is 12.7. The number of carbonyl (C=O) groups excluding carboxylic acids is 2. The first kappa shape index (κ1) is 19.0. The van der Waals surface area contributed by atoms with E-state index in [1.165, 1.54) is 0 Å². The number of aromatic nitrogens is 2. The Morgan fingerprint density at radius 2 is 2.07 bits per heavy atom. The highest BCUT2D eigenvalue weighted by molar-refractivity contribution is 6.01. The Morgan fingerprint density at radius 1 is 1.28 bits per heavy atom. The van der Waals surface area contributed by atoms with Crippen LogP contribution in [0.4, 0.5) is 5.69 Å². The number of para-hydroxylation sites is 2. The van der Waals surface area contributed by atoms with Crippen molar-refractivity contribution in [2.75, 3.05) is 18.6 Å². The average molecular weight is 392 g/mol. The van der Waals surface area contributed by atoms with Crippen LogP contribution in [0.3, 0.4) is 0 Å². The number of benzene rings is 2. The van der Waals surface area contributed by atoms with Gasteiger partial charge in [-0.3, -0.25) is 9.59 Å². The largest absolute Gasteiger partial charge is 0.495 e. The SMILES string of the molecule is COc1ccccc1N1CC(C(=O)NCc2ccc3c(c2)nc(C)n3C)CC1=O. The molecule has 4 rings (SSSR count). The van der Waals surface area contributed by atoms with Gasteiger partial charge >= 0.3 is 0 Å². The number of anilines is 1.